The zero-order valence-corrected chi connectivity index (χ0v) is 15.4. The topological polar surface area (TPSA) is 92.4 Å². The Morgan fingerprint density at radius 1 is 1.40 bits per heavy atom. The number of aromatic nitrogens is 2. The smallest absolute Gasteiger partial charge is 0.256 e. The molecule has 0 fully saturated rings. The second kappa shape index (κ2) is 6.78. The van der Waals surface area contributed by atoms with Crippen LogP contribution < -0.4 is 10.3 Å². The number of nitrogens with zero attached hydrogens (tertiary/aromatic N) is 2. The number of nitrogens with one attached hydrogen (secondary N) is 1. The van der Waals surface area contributed by atoms with Crippen LogP contribution in [0.15, 0.2) is 28.2 Å². The van der Waals surface area contributed by atoms with Crippen LogP contribution in [-0.4, -0.2) is 43.2 Å². The van der Waals surface area contributed by atoms with Gasteiger partial charge in [0.05, 0.1) is 23.4 Å². The molecule has 0 saturated carbocycles. The van der Waals surface area contributed by atoms with E-state index in [4.69, 9.17) is 16.3 Å². The van der Waals surface area contributed by atoms with Crippen LogP contribution in [-0.2, 0) is 29.3 Å². The molecule has 9 heteroatoms. The Morgan fingerprint density at radius 2 is 2.16 bits per heavy atom. The lowest BCUT2D eigenvalue weighted by molar-refractivity contribution is 0.240. The van der Waals surface area contributed by atoms with Crippen molar-refractivity contribution >= 4 is 21.4 Å². The molecule has 1 aromatic carbocycles. The van der Waals surface area contributed by atoms with Crippen molar-refractivity contribution in [3.63, 3.8) is 0 Å². The highest BCUT2D eigenvalue weighted by Gasteiger charge is 2.24. The lowest BCUT2D eigenvalue weighted by Crippen LogP contribution is -2.36. The lowest BCUT2D eigenvalue weighted by atomic mass is 10.1. The van der Waals surface area contributed by atoms with Crippen LogP contribution >= 0.6 is 11.6 Å². The third-order valence-electron chi connectivity index (χ3n) is 4.13. The van der Waals surface area contributed by atoms with Gasteiger partial charge in [0, 0.05) is 32.3 Å². The summed E-state index contributed by atoms with van der Waals surface area (Å²) >= 11 is 6.33. The highest BCUT2D eigenvalue weighted by atomic mass is 35.5. The van der Waals surface area contributed by atoms with Crippen LogP contribution in [0.5, 0.6) is 5.75 Å². The summed E-state index contributed by atoms with van der Waals surface area (Å²) < 4.78 is 28.4. The summed E-state index contributed by atoms with van der Waals surface area (Å²) in [6.45, 7) is 1.60. The number of hydrogen-bond acceptors (Lipinski definition) is 6. The number of sulfone groups is 1. The Labute approximate surface area is 150 Å². The van der Waals surface area contributed by atoms with Gasteiger partial charge in [-0.25, -0.2) is 13.4 Å². The molecule has 2 heterocycles. The van der Waals surface area contributed by atoms with Crippen molar-refractivity contribution in [3.8, 4) is 5.75 Å². The first-order chi connectivity index (χ1) is 11.8. The molecule has 0 saturated heterocycles. The largest absolute Gasteiger partial charge is 0.495 e. The predicted molar refractivity (Wildman–Crippen MR) is 93.8 cm³/mol. The molecule has 0 atom stereocenters. The summed E-state index contributed by atoms with van der Waals surface area (Å²) in [6.07, 6.45) is 1.53. The van der Waals surface area contributed by atoms with E-state index < -0.39 is 15.4 Å². The normalized spacial score (nSPS) is 15.0. The number of H-pyrrole nitrogens is 1. The van der Waals surface area contributed by atoms with E-state index in [2.05, 4.69) is 14.9 Å². The first kappa shape index (κ1) is 17.9. The van der Waals surface area contributed by atoms with E-state index in [0.717, 1.165) is 11.8 Å². The van der Waals surface area contributed by atoms with Gasteiger partial charge >= 0.3 is 0 Å². The van der Waals surface area contributed by atoms with Crippen LogP contribution in [0.1, 0.15) is 16.8 Å². The third kappa shape index (κ3) is 3.70. The number of methoxy groups -OCH3 is 1. The summed E-state index contributed by atoms with van der Waals surface area (Å²) in [5.74, 6) is 0.605. The van der Waals surface area contributed by atoms with Gasteiger partial charge in [0.2, 0.25) is 15.0 Å². The molecule has 3 rings (SSSR count). The van der Waals surface area contributed by atoms with Gasteiger partial charge in [0.25, 0.3) is 5.56 Å². The highest BCUT2D eigenvalue weighted by Crippen LogP contribution is 2.29. The van der Waals surface area contributed by atoms with Crippen molar-refractivity contribution in [2.24, 2.45) is 0 Å². The van der Waals surface area contributed by atoms with Gasteiger partial charge in [-0.3, -0.25) is 14.7 Å². The Morgan fingerprint density at radius 3 is 2.84 bits per heavy atom. The molecule has 0 bridgehead atoms. The Hall–Kier alpha value is -1.90. The standard InChI is InChI=1S/C16H18ClN3O4S/c1-24-13-5-3-4-10(14(13)17)8-20-7-6-12-11(9-20)15(21)19-16(18-12)25(2,22)23/h3-5H,6-9H2,1-2H3,(H,18,19,21). The highest BCUT2D eigenvalue weighted by molar-refractivity contribution is 7.90. The first-order valence-corrected chi connectivity index (χ1v) is 9.92. The zero-order valence-electron chi connectivity index (χ0n) is 13.9. The molecule has 0 spiro atoms. The van der Waals surface area contributed by atoms with E-state index in [0.29, 0.717) is 48.1 Å². The van der Waals surface area contributed by atoms with Crippen LogP contribution in [0.3, 0.4) is 0 Å². The van der Waals surface area contributed by atoms with Crippen LogP contribution in [0, 0.1) is 0 Å². The lowest BCUT2D eigenvalue weighted by Gasteiger charge is -2.28. The average Bonchev–Trinajstić information content (AvgIpc) is 2.56. The van der Waals surface area contributed by atoms with E-state index >= 15 is 0 Å². The van der Waals surface area contributed by atoms with E-state index in [9.17, 15) is 13.2 Å². The quantitative estimate of drug-likeness (QED) is 0.802. The molecular weight excluding hydrogens is 366 g/mol. The van der Waals surface area contributed by atoms with Gasteiger partial charge in [-0.2, -0.15) is 0 Å². The number of benzene rings is 1. The number of hydrogen-bond donors (Lipinski definition) is 1. The molecule has 0 amide bonds. The fourth-order valence-corrected chi connectivity index (χ4v) is 3.66. The SMILES string of the molecule is COc1cccc(CN2CCc3nc(S(C)(=O)=O)[nH]c(=O)c3C2)c1Cl. The maximum Gasteiger partial charge on any atom is 0.256 e. The van der Waals surface area contributed by atoms with Crippen LogP contribution in [0.2, 0.25) is 5.02 Å². The van der Waals surface area contributed by atoms with Crippen molar-refractivity contribution in [3.05, 3.63) is 50.4 Å². The number of ether oxygens (including phenoxy) is 1. The monoisotopic (exact) mass is 383 g/mol. The molecule has 1 aliphatic heterocycles. The summed E-state index contributed by atoms with van der Waals surface area (Å²) in [4.78, 5) is 20.8. The minimum atomic E-state index is -3.55. The first-order valence-electron chi connectivity index (χ1n) is 7.65. The van der Waals surface area contributed by atoms with E-state index in [1.165, 1.54) is 0 Å². The fraction of sp³-hybridized carbons (Fsp3) is 0.375. The number of aromatic amines is 1. The Bertz CT molecular complexity index is 972. The number of halogens is 1. The molecule has 2 aromatic rings. The van der Waals surface area contributed by atoms with Crippen molar-refractivity contribution in [2.75, 3.05) is 19.9 Å². The van der Waals surface area contributed by atoms with Crippen molar-refractivity contribution < 1.29 is 13.2 Å². The summed E-state index contributed by atoms with van der Waals surface area (Å²) in [5, 5.41) is 0.274. The molecule has 0 unspecified atom stereocenters. The van der Waals surface area contributed by atoms with E-state index in [-0.39, 0.29) is 5.16 Å². The van der Waals surface area contributed by atoms with Crippen LogP contribution in [0.4, 0.5) is 0 Å². The second-order valence-electron chi connectivity index (χ2n) is 5.96. The van der Waals surface area contributed by atoms with Crippen LogP contribution in [0.25, 0.3) is 0 Å². The third-order valence-corrected chi connectivity index (χ3v) is 5.46. The number of fused-ring (bicyclic) bond motifs is 1. The molecule has 1 aromatic heterocycles. The maximum atomic E-state index is 12.3. The van der Waals surface area contributed by atoms with Gasteiger partial charge in [0.1, 0.15) is 5.75 Å². The van der Waals surface area contributed by atoms with E-state index in [1.807, 2.05) is 12.1 Å². The molecule has 1 N–H and O–H groups in total. The molecule has 0 radical (unpaired) electrons. The van der Waals surface area contributed by atoms with Gasteiger partial charge in [-0.05, 0) is 11.6 Å². The summed E-state index contributed by atoms with van der Waals surface area (Å²) in [7, 11) is -1.98. The predicted octanol–water partition coefficient (Wildman–Crippen LogP) is 1.39. The molecule has 25 heavy (non-hydrogen) atoms. The van der Waals surface area contributed by atoms with Gasteiger partial charge in [-0.1, -0.05) is 23.7 Å². The molecule has 134 valence electrons. The summed E-state index contributed by atoms with van der Waals surface area (Å²) in [5.41, 5.74) is 1.53. The molecule has 0 aliphatic carbocycles. The maximum absolute atomic E-state index is 12.3. The average molecular weight is 384 g/mol. The molecule has 1 aliphatic rings. The van der Waals surface area contributed by atoms with Gasteiger partial charge < -0.3 is 4.74 Å². The van der Waals surface area contributed by atoms with E-state index in [1.54, 1.807) is 13.2 Å². The molecular formula is C16H18ClN3O4S. The van der Waals surface area contributed by atoms with Crippen molar-refractivity contribution in [2.45, 2.75) is 24.7 Å². The Kier molecular flexibility index (Phi) is 4.86. The fourth-order valence-electron chi connectivity index (χ4n) is 2.85. The minimum absolute atomic E-state index is 0.277. The summed E-state index contributed by atoms with van der Waals surface area (Å²) in [6, 6.07) is 5.57. The zero-order chi connectivity index (χ0) is 18.2. The number of rotatable bonds is 4. The minimum Gasteiger partial charge on any atom is -0.495 e. The van der Waals surface area contributed by atoms with Crippen molar-refractivity contribution in [1.29, 1.82) is 0 Å². The van der Waals surface area contributed by atoms with Gasteiger partial charge in [-0.15, -0.1) is 0 Å². The Balaban J connectivity index is 1.86. The van der Waals surface area contributed by atoms with Gasteiger partial charge in [0.15, 0.2) is 0 Å². The molecule has 7 nitrogen and oxygen atoms in total. The van der Waals surface area contributed by atoms with Crippen molar-refractivity contribution in [1.82, 2.24) is 14.9 Å². The second-order valence-corrected chi connectivity index (χ2v) is 8.27.